The first-order chi connectivity index (χ1) is 13.1. The monoisotopic (exact) mass is 423 g/mol. The molecule has 0 fully saturated rings. The molecule has 0 bridgehead atoms. The Labute approximate surface area is 171 Å². The first-order valence-corrected chi connectivity index (χ1v) is 10.9. The highest BCUT2D eigenvalue weighted by Gasteiger charge is 2.19. The molecule has 0 saturated heterocycles. The predicted octanol–water partition coefficient (Wildman–Crippen LogP) is 3.70. The minimum absolute atomic E-state index is 0.107. The Morgan fingerprint density at radius 2 is 1.57 bits per heavy atom. The van der Waals surface area contributed by atoms with Crippen LogP contribution in [-0.2, 0) is 14.8 Å². The number of carbonyl (C=O) groups excluding carboxylic acids is 1. The molecular formula is C20H26ClN3O3S. The third-order valence-electron chi connectivity index (χ3n) is 4.09. The Morgan fingerprint density at radius 3 is 2.14 bits per heavy atom. The average Bonchev–Trinajstić information content (AvgIpc) is 2.61. The van der Waals surface area contributed by atoms with Crippen LogP contribution in [0.4, 0.5) is 5.69 Å². The van der Waals surface area contributed by atoms with Crippen molar-refractivity contribution in [1.29, 1.82) is 0 Å². The van der Waals surface area contributed by atoms with Crippen LogP contribution in [0.15, 0.2) is 53.4 Å². The Hall–Kier alpha value is -1.93. The van der Waals surface area contributed by atoms with Crippen molar-refractivity contribution < 1.29 is 13.2 Å². The van der Waals surface area contributed by atoms with Crippen molar-refractivity contribution in [2.45, 2.75) is 50.7 Å². The normalized spacial score (nSPS) is 13.9. The minimum atomic E-state index is -3.56. The largest absolute Gasteiger partial charge is 0.325 e. The molecule has 6 nitrogen and oxygen atoms in total. The SMILES string of the molecule is CC(C)NS(=O)(=O)c1ccc(NC(=O)[C@H](C)N[C@H](C)c2ccccc2Cl)cc1. The maximum atomic E-state index is 12.5. The summed E-state index contributed by atoms with van der Waals surface area (Å²) in [5.41, 5.74) is 1.43. The van der Waals surface area contributed by atoms with Gasteiger partial charge in [-0.3, -0.25) is 10.1 Å². The van der Waals surface area contributed by atoms with Gasteiger partial charge in [-0.25, -0.2) is 13.1 Å². The summed E-state index contributed by atoms with van der Waals surface area (Å²) in [5, 5.41) is 6.64. The van der Waals surface area contributed by atoms with E-state index >= 15 is 0 Å². The van der Waals surface area contributed by atoms with Gasteiger partial charge in [-0.2, -0.15) is 0 Å². The fourth-order valence-electron chi connectivity index (χ4n) is 2.71. The standard InChI is InChI=1S/C20H26ClN3O3S/c1-13(2)24-28(26,27)17-11-9-16(10-12-17)23-20(25)15(4)22-14(3)18-7-5-6-8-19(18)21/h5-15,22,24H,1-4H3,(H,23,25)/t14-,15+/m1/s1. The Bertz CT molecular complexity index is 915. The molecule has 152 valence electrons. The highest BCUT2D eigenvalue weighted by molar-refractivity contribution is 7.89. The molecule has 0 aliphatic carbocycles. The molecule has 2 rings (SSSR count). The van der Waals surface area contributed by atoms with Crippen LogP contribution in [-0.4, -0.2) is 26.4 Å². The second kappa shape index (κ2) is 9.52. The summed E-state index contributed by atoms with van der Waals surface area (Å²) in [6.07, 6.45) is 0. The number of sulfonamides is 1. The van der Waals surface area contributed by atoms with Gasteiger partial charge in [-0.05, 0) is 63.6 Å². The van der Waals surface area contributed by atoms with Gasteiger partial charge >= 0.3 is 0 Å². The molecule has 0 radical (unpaired) electrons. The van der Waals surface area contributed by atoms with Crippen LogP contribution in [0.3, 0.4) is 0 Å². The quantitative estimate of drug-likeness (QED) is 0.604. The molecule has 2 aromatic carbocycles. The van der Waals surface area contributed by atoms with Crippen LogP contribution in [0.1, 0.15) is 39.3 Å². The van der Waals surface area contributed by atoms with Gasteiger partial charge in [0.15, 0.2) is 0 Å². The predicted molar refractivity (Wildman–Crippen MR) is 113 cm³/mol. The average molecular weight is 424 g/mol. The number of halogens is 1. The lowest BCUT2D eigenvalue weighted by molar-refractivity contribution is -0.117. The van der Waals surface area contributed by atoms with Crippen LogP contribution in [0.25, 0.3) is 0 Å². The minimum Gasteiger partial charge on any atom is -0.325 e. The summed E-state index contributed by atoms with van der Waals surface area (Å²) < 4.78 is 26.8. The molecule has 2 aromatic rings. The van der Waals surface area contributed by atoms with Crippen molar-refractivity contribution in [2.24, 2.45) is 0 Å². The molecule has 0 spiro atoms. The summed E-state index contributed by atoms with van der Waals surface area (Å²) in [7, 11) is -3.56. The molecule has 28 heavy (non-hydrogen) atoms. The second-order valence-corrected chi connectivity index (χ2v) is 9.04. The Balaban J connectivity index is 1.99. The number of benzene rings is 2. The number of anilines is 1. The molecule has 0 aliphatic heterocycles. The number of hydrogen-bond acceptors (Lipinski definition) is 4. The lowest BCUT2D eigenvalue weighted by Gasteiger charge is -2.21. The Kier molecular flexibility index (Phi) is 7.60. The zero-order chi connectivity index (χ0) is 20.9. The molecular weight excluding hydrogens is 398 g/mol. The molecule has 2 atom stereocenters. The first kappa shape index (κ1) is 22.4. The van der Waals surface area contributed by atoms with Gasteiger partial charge in [0.2, 0.25) is 15.9 Å². The van der Waals surface area contributed by atoms with Crippen LogP contribution in [0, 0.1) is 0 Å². The van der Waals surface area contributed by atoms with Gasteiger partial charge in [-0.15, -0.1) is 0 Å². The van der Waals surface area contributed by atoms with Gasteiger partial charge in [-0.1, -0.05) is 29.8 Å². The van der Waals surface area contributed by atoms with E-state index < -0.39 is 16.1 Å². The van der Waals surface area contributed by atoms with E-state index in [1.54, 1.807) is 32.9 Å². The topological polar surface area (TPSA) is 87.3 Å². The van der Waals surface area contributed by atoms with E-state index in [1.807, 2.05) is 31.2 Å². The van der Waals surface area contributed by atoms with E-state index in [9.17, 15) is 13.2 Å². The molecule has 8 heteroatoms. The maximum absolute atomic E-state index is 12.5. The molecule has 0 heterocycles. The fourth-order valence-corrected chi connectivity index (χ4v) is 4.26. The van der Waals surface area contributed by atoms with Crippen LogP contribution in [0.2, 0.25) is 5.02 Å². The summed E-state index contributed by atoms with van der Waals surface area (Å²) >= 11 is 6.20. The number of carbonyl (C=O) groups is 1. The number of rotatable bonds is 8. The molecule has 3 N–H and O–H groups in total. The van der Waals surface area contributed by atoms with Crippen molar-refractivity contribution >= 4 is 33.2 Å². The Morgan fingerprint density at radius 1 is 0.964 bits per heavy atom. The van der Waals surface area contributed by atoms with Gasteiger partial charge in [0, 0.05) is 22.8 Å². The summed E-state index contributed by atoms with van der Waals surface area (Å²) in [5.74, 6) is -0.227. The van der Waals surface area contributed by atoms with Crippen LogP contribution >= 0.6 is 11.6 Å². The number of hydrogen-bond donors (Lipinski definition) is 3. The first-order valence-electron chi connectivity index (χ1n) is 9.04. The smallest absolute Gasteiger partial charge is 0.241 e. The molecule has 0 aliphatic rings. The molecule has 0 aromatic heterocycles. The van der Waals surface area contributed by atoms with Crippen molar-refractivity contribution in [3.05, 3.63) is 59.1 Å². The number of nitrogens with one attached hydrogen (secondary N) is 3. The lowest BCUT2D eigenvalue weighted by atomic mass is 10.1. The van der Waals surface area contributed by atoms with Gasteiger partial charge < -0.3 is 5.32 Å². The van der Waals surface area contributed by atoms with Crippen molar-refractivity contribution in [1.82, 2.24) is 10.0 Å². The van der Waals surface area contributed by atoms with Crippen molar-refractivity contribution in [2.75, 3.05) is 5.32 Å². The number of amides is 1. The van der Waals surface area contributed by atoms with Gasteiger partial charge in [0.25, 0.3) is 0 Å². The lowest BCUT2D eigenvalue weighted by Crippen LogP contribution is -2.39. The van der Waals surface area contributed by atoms with E-state index in [2.05, 4.69) is 15.4 Å². The highest BCUT2D eigenvalue weighted by atomic mass is 35.5. The van der Waals surface area contributed by atoms with Crippen molar-refractivity contribution in [3.8, 4) is 0 Å². The van der Waals surface area contributed by atoms with E-state index in [4.69, 9.17) is 11.6 Å². The van der Waals surface area contributed by atoms with Gasteiger partial charge in [0.05, 0.1) is 10.9 Å². The third-order valence-corrected chi connectivity index (χ3v) is 6.11. The van der Waals surface area contributed by atoms with Crippen LogP contribution in [0.5, 0.6) is 0 Å². The summed E-state index contributed by atoms with van der Waals surface area (Å²) in [4.78, 5) is 12.6. The molecule has 0 unspecified atom stereocenters. The zero-order valence-corrected chi connectivity index (χ0v) is 17.9. The molecule has 1 amide bonds. The van der Waals surface area contributed by atoms with Crippen LogP contribution < -0.4 is 15.4 Å². The maximum Gasteiger partial charge on any atom is 0.241 e. The zero-order valence-electron chi connectivity index (χ0n) is 16.4. The highest BCUT2D eigenvalue weighted by Crippen LogP contribution is 2.22. The van der Waals surface area contributed by atoms with E-state index in [-0.39, 0.29) is 22.9 Å². The van der Waals surface area contributed by atoms with E-state index in [0.717, 1.165) is 5.56 Å². The van der Waals surface area contributed by atoms with E-state index in [0.29, 0.717) is 10.7 Å². The van der Waals surface area contributed by atoms with E-state index in [1.165, 1.54) is 12.1 Å². The summed E-state index contributed by atoms with van der Waals surface area (Å²) in [6.45, 7) is 7.20. The van der Waals surface area contributed by atoms with Crippen molar-refractivity contribution in [3.63, 3.8) is 0 Å². The van der Waals surface area contributed by atoms with Gasteiger partial charge in [0.1, 0.15) is 0 Å². The second-order valence-electron chi connectivity index (χ2n) is 6.92. The fraction of sp³-hybridized carbons (Fsp3) is 0.350. The summed E-state index contributed by atoms with van der Waals surface area (Å²) in [6, 6.07) is 12.8. The third kappa shape index (κ3) is 6.04. The molecule has 0 saturated carbocycles.